The normalized spacial score (nSPS) is 11.7. The zero-order valence-corrected chi connectivity index (χ0v) is 11.9. The van der Waals surface area contributed by atoms with E-state index in [9.17, 15) is 12.8 Å². The maximum absolute atomic E-state index is 12.7. The Labute approximate surface area is 115 Å². The van der Waals surface area contributed by atoms with Crippen molar-refractivity contribution in [3.8, 4) is 0 Å². The zero-order chi connectivity index (χ0) is 13.9. The third-order valence-electron chi connectivity index (χ3n) is 2.46. The largest absolute Gasteiger partial charge is 0.247 e. The second-order valence-electron chi connectivity index (χ2n) is 3.96. The average molecular weight is 300 g/mol. The molecule has 0 unspecified atom stereocenters. The number of nitrogens with one attached hydrogen (secondary N) is 1. The second-order valence-corrected chi connectivity index (χ2v) is 6.79. The highest BCUT2D eigenvalue weighted by molar-refractivity contribution is 7.89. The molecule has 102 valence electrons. The number of thiazole rings is 1. The molecule has 0 saturated carbocycles. The molecule has 0 spiro atoms. The van der Waals surface area contributed by atoms with Crippen LogP contribution >= 0.6 is 11.3 Å². The predicted molar refractivity (Wildman–Crippen MR) is 72.1 cm³/mol. The van der Waals surface area contributed by atoms with E-state index >= 15 is 0 Å². The van der Waals surface area contributed by atoms with Gasteiger partial charge in [0.1, 0.15) is 5.82 Å². The highest BCUT2D eigenvalue weighted by Crippen LogP contribution is 2.11. The summed E-state index contributed by atoms with van der Waals surface area (Å²) in [6.45, 7) is 2.17. The fourth-order valence-corrected chi connectivity index (χ4v) is 3.21. The molecule has 2 rings (SSSR count). The molecular formula is C12H13FN2O2S2. The molecule has 19 heavy (non-hydrogen) atoms. The van der Waals surface area contributed by atoms with Crippen molar-refractivity contribution < 1.29 is 12.8 Å². The van der Waals surface area contributed by atoms with Crippen LogP contribution < -0.4 is 4.72 Å². The lowest BCUT2D eigenvalue weighted by Crippen LogP contribution is -2.26. The molecule has 0 radical (unpaired) electrons. The van der Waals surface area contributed by atoms with Gasteiger partial charge in [-0.15, -0.1) is 11.3 Å². The van der Waals surface area contributed by atoms with Crippen molar-refractivity contribution in [3.63, 3.8) is 0 Å². The monoisotopic (exact) mass is 300 g/mol. The summed E-state index contributed by atoms with van der Waals surface area (Å²) in [5.74, 6) is -0.461. The first kappa shape index (κ1) is 14.1. The second kappa shape index (κ2) is 5.77. The van der Waals surface area contributed by atoms with E-state index in [2.05, 4.69) is 9.71 Å². The molecule has 0 aliphatic rings. The molecule has 0 aliphatic heterocycles. The third-order valence-corrected chi connectivity index (χ3v) is 4.76. The van der Waals surface area contributed by atoms with E-state index in [0.717, 1.165) is 22.8 Å². The molecule has 1 heterocycles. The molecule has 0 saturated heterocycles. The van der Waals surface area contributed by atoms with E-state index in [1.807, 2.05) is 12.3 Å². The Morgan fingerprint density at radius 1 is 1.32 bits per heavy atom. The van der Waals surface area contributed by atoms with Crippen LogP contribution in [0, 0.1) is 12.7 Å². The van der Waals surface area contributed by atoms with Crippen LogP contribution in [0.4, 0.5) is 4.39 Å². The van der Waals surface area contributed by atoms with Crippen LogP contribution in [-0.4, -0.2) is 19.9 Å². The van der Waals surface area contributed by atoms with Crippen LogP contribution in [0.25, 0.3) is 0 Å². The lowest BCUT2D eigenvalue weighted by atomic mass is 10.3. The molecule has 1 N–H and O–H groups in total. The number of sulfonamides is 1. The van der Waals surface area contributed by atoms with Crippen molar-refractivity contribution in [2.75, 3.05) is 6.54 Å². The molecule has 7 heteroatoms. The highest BCUT2D eigenvalue weighted by Gasteiger charge is 2.13. The van der Waals surface area contributed by atoms with E-state index in [4.69, 9.17) is 0 Å². The molecular weight excluding hydrogens is 287 g/mol. The number of rotatable bonds is 5. The van der Waals surface area contributed by atoms with Gasteiger partial charge >= 0.3 is 0 Å². The lowest BCUT2D eigenvalue weighted by molar-refractivity contribution is 0.580. The Bertz CT molecular complexity index is 651. The van der Waals surface area contributed by atoms with E-state index in [0.29, 0.717) is 6.42 Å². The van der Waals surface area contributed by atoms with Gasteiger partial charge in [-0.25, -0.2) is 22.5 Å². The minimum Gasteiger partial charge on any atom is -0.247 e. The zero-order valence-electron chi connectivity index (χ0n) is 10.3. The SMILES string of the molecule is Cc1nc(CCNS(=O)(=O)c2ccc(F)cc2)cs1. The van der Waals surface area contributed by atoms with Gasteiger partial charge < -0.3 is 0 Å². The quantitative estimate of drug-likeness (QED) is 0.920. The van der Waals surface area contributed by atoms with Gasteiger partial charge in [0, 0.05) is 18.3 Å². The summed E-state index contributed by atoms with van der Waals surface area (Å²) in [6, 6.07) is 4.73. The first-order valence-corrected chi connectivity index (χ1v) is 8.00. The van der Waals surface area contributed by atoms with Gasteiger partial charge in [0.25, 0.3) is 0 Å². The van der Waals surface area contributed by atoms with Crippen LogP contribution in [0.15, 0.2) is 34.5 Å². The molecule has 0 atom stereocenters. The molecule has 4 nitrogen and oxygen atoms in total. The minimum absolute atomic E-state index is 0.0587. The van der Waals surface area contributed by atoms with Gasteiger partial charge in [-0.2, -0.15) is 0 Å². The Kier molecular flexibility index (Phi) is 4.28. The van der Waals surface area contributed by atoms with Gasteiger partial charge in [-0.1, -0.05) is 0 Å². The average Bonchev–Trinajstić information content (AvgIpc) is 2.75. The fraction of sp³-hybridized carbons (Fsp3) is 0.250. The van der Waals surface area contributed by atoms with Gasteiger partial charge in [0.15, 0.2) is 0 Å². The summed E-state index contributed by atoms with van der Waals surface area (Å²) in [5, 5.41) is 2.86. The van der Waals surface area contributed by atoms with E-state index < -0.39 is 15.8 Å². The molecule has 0 aliphatic carbocycles. The highest BCUT2D eigenvalue weighted by atomic mass is 32.2. The topological polar surface area (TPSA) is 59.1 Å². The van der Waals surface area contributed by atoms with Crippen molar-refractivity contribution in [1.29, 1.82) is 0 Å². The summed E-state index contributed by atoms with van der Waals surface area (Å²) in [6.07, 6.45) is 0.533. The fourth-order valence-electron chi connectivity index (χ4n) is 1.53. The van der Waals surface area contributed by atoms with Gasteiger partial charge in [-0.05, 0) is 31.2 Å². The van der Waals surface area contributed by atoms with Crippen LogP contribution in [0.1, 0.15) is 10.7 Å². The molecule has 1 aromatic carbocycles. The minimum atomic E-state index is -3.58. The number of hydrogen-bond acceptors (Lipinski definition) is 4. The van der Waals surface area contributed by atoms with Crippen LogP contribution in [0.3, 0.4) is 0 Å². The summed E-state index contributed by atoms with van der Waals surface area (Å²) < 4.78 is 39.0. The number of aromatic nitrogens is 1. The standard InChI is InChI=1S/C12H13FN2O2S2/c1-9-15-11(8-18-9)6-7-14-19(16,17)12-4-2-10(13)3-5-12/h2-5,8,14H,6-7H2,1H3. The van der Waals surface area contributed by atoms with E-state index in [1.165, 1.54) is 23.5 Å². The third kappa shape index (κ3) is 3.82. The predicted octanol–water partition coefficient (Wildman–Crippen LogP) is 2.11. The molecule has 2 aromatic rings. The van der Waals surface area contributed by atoms with Crippen molar-refractivity contribution >= 4 is 21.4 Å². The molecule has 0 fully saturated rings. The first-order chi connectivity index (χ1) is 8.97. The van der Waals surface area contributed by atoms with Gasteiger partial charge in [0.2, 0.25) is 10.0 Å². The van der Waals surface area contributed by atoms with Crippen molar-refractivity contribution in [3.05, 3.63) is 46.2 Å². The number of halogens is 1. The van der Waals surface area contributed by atoms with Crippen molar-refractivity contribution in [1.82, 2.24) is 9.71 Å². The summed E-state index contributed by atoms with van der Waals surface area (Å²) in [7, 11) is -3.58. The summed E-state index contributed by atoms with van der Waals surface area (Å²) in [5.41, 5.74) is 0.865. The summed E-state index contributed by atoms with van der Waals surface area (Å²) in [4.78, 5) is 4.31. The van der Waals surface area contributed by atoms with Crippen LogP contribution in [-0.2, 0) is 16.4 Å². The Balaban J connectivity index is 1.96. The van der Waals surface area contributed by atoms with Crippen LogP contribution in [0.2, 0.25) is 0 Å². The van der Waals surface area contributed by atoms with Crippen molar-refractivity contribution in [2.24, 2.45) is 0 Å². The molecule has 1 aromatic heterocycles. The number of benzene rings is 1. The Morgan fingerprint density at radius 3 is 2.58 bits per heavy atom. The summed E-state index contributed by atoms with van der Waals surface area (Å²) >= 11 is 1.53. The Morgan fingerprint density at radius 2 is 2.00 bits per heavy atom. The maximum Gasteiger partial charge on any atom is 0.240 e. The maximum atomic E-state index is 12.7. The number of hydrogen-bond donors (Lipinski definition) is 1. The number of aryl methyl sites for hydroxylation is 1. The van der Waals surface area contributed by atoms with E-state index in [1.54, 1.807) is 0 Å². The molecule has 0 bridgehead atoms. The van der Waals surface area contributed by atoms with Gasteiger partial charge in [0.05, 0.1) is 15.6 Å². The smallest absolute Gasteiger partial charge is 0.240 e. The molecule has 0 amide bonds. The number of nitrogens with zero attached hydrogens (tertiary/aromatic N) is 1. The van der Waals surface area contributed by atoms with Gasteiger partial charge in [-0.3, -0.25) is 0 Å². The van der Waals surface area contributed by atoms with Crippen molar-refractivity contribution in [2.45, 2.75) is 18.2 Å². The lowest BCUT2D eigenvalue weighted by Gasteiger charge is -2.05. The van der Waals surface area contributed by atoms with Crippen LogP contribution in [0.5, 0.6) is 0 Å². The van der Waals surface area contributed by atoms with E-state index in [-0.39, 0.29) is 11.4 Å². The first-order valence-electron chi connectivity index (χ1n) is 5.63. The Hall–Kier alpha value is -1.31.